The zero-order valence-corrected chi connectivity index (χ0v) is 14.7. The van der Waals surface area contributed by atoms with Crippen LogP contribution in [0.25, 0.3) is 0 Å². The number of rotatable bonds is 7. The first kappa shape index (κ1) is 19.0. The smallest absolute Gasteiger partial charge is 0.276 e. The number of aryl methyl sites for hydroxylation is 2. The Morgan fingerprint density at radius 2 is 1.92 bits per heavy atom. The van der Waals surface area contributed by atoms with E-state index in [4.69, 9.17) is 5.21 Å². The van der Waals surface area contributed by atoms with E-state index in [9.17, 15) is 9.59 Å². The predicted molar refractivity (Wildman–Crippen MR) is 91.7 cm³/mol. The summed E-state index contributed by atoms with van der Waals surface area (Å²) in [5, 5.41) is 17.1. The first-order chi connectivity index (χ1) is 12.5. The highest BCUT2D eigenvalue weighted by molar-refractivity contribution is 5.94. The predicted octanol–water partition coefficient (Wildman–Crippen LogP) is -0.911. The minimum Gasteiger partial charge on any atom is -0.411 e. The van der Waals surface area contributed by atoms with Crippen LogP contribution in [0, 0.1) is 0 Å². The Bertz CT molecular complexity index is 822. The highest BCUT2D eigenvalue weighted by Crippen LogP contribution is 1.97. The number of amides is 2. The molecule has 2 aromatic rings. The van der Waals surface area contributed by atoms with Crippen LogP contribution in [0.2, 0.25) is 0 Å². The Morgan fingerprint density at radius 3 is 2.58 bits per heavy atom. The lowest BCUT2D eigenvalue weighted by Gasteiger charge is -2.06. The van der Waals surface area contributed by atoms with Gasteiger partial charge in [0.2, 0.25) is 5.69 Å². The Morgan fingerprint density at radius 1 is 1.19 bits per heavy atom. The monoisotopic (exact) mass is 358 g/mol. The number of carbonyl (C=O) groups is 2. The lowest BCUT2D eigenvalue weighted by atomic mass is 10.2. The number of hydrogen-bond acceptors (Lipinski definition) is 5. The highest BCUT2D eigenvalue weighted by Gasteiger charge is 2.13. The van der Waals surface area contributed by atoms with Crippen molar-refractivity contribution in [3.63, 3.8) is 0 Å². The number of nitrogens with one attached hydrogen (secondary N) is 2. The third kappa shape index (κ3) is 5.33. The molecule has 0 saturated carbocycles. The van der Waals surface area contributed by atoms with Crippen molar-refractivity contribution < 1.29 is 23.9 Å². The third-order valence-electron chi connectivity index (χ3n) is 3.62. The van der Waals surface area contributed by atoms with Crippen molar-refractivity contribution in [2.45, 2.75) is 6.42 Å². The van der Waals surface area contributed by atoms with Gasteiger partial charge < -0.3 is 15.8 Å². The van der Waals surface area contributed by atoms with Gasteiger partial charge in [-0.1, -0.05) is 5.16 Å². The fourth-order valence-electron chi connectivity index (χ4n) is 2.24. The lowest BCUT2D eigenvalue weighted by molar-refractivity contribution is -0.672. The quantitative estimate of drug-likeness (QED) is 0.196. The minimum absolute atomic E-state index is 0.212. The summed E-state index contributed by atoms with van der Waals surface area (Å²) in [6, 6.07) is 3.33. The molecule has 2 amide bonds. The van der Waals surface area contributed by atoms with Gasteiger partial charge in [0.15, 0.2) is 24.3 Å². The molecule has 2 aromatic heterocycles. The summed E-state index contributed by atoms with van der Waals surface area (Å²) < 4.78 is 3.43. The molecule has 0 fully saturated rings. The SMILES string of the molecule is C[n+]1ccnc(C(=O)NCCCNC(=O)c2ccc(/C=N/O)[n+](C)c2)c1. The standard InChI is InChI=1S/C17H20N6O3/c1-22-9-8-18-15(12-22)17(25)20-7-3-6-19-16(24)13-4-5-14(10-21-26)23(2)11-13/h4-5,8-12H,3,6-7H2,1-2H3,(H-,19,20,24,25)/p+2. The van der Waals surface area contributed by atoms with Crippen LogP contribution in [-0.2, 0) is 14.1 Å². The lowest BCUT2D eigenvalue weighted by Crippen LogP contribution is -2.36. The zero-order chi connectivity index (χ0) is 18.9. The van der Waals surface area contributed by atoms with Crippen LogP contribution in [0.1, 0.15) is 33.0 Å². The van der Waals surface area contributed by atoms with Gasteiger partial charge in [0.1, 0.15) is 25.9 Å². The fourth-order valence-corrected chi connectivity index (χ4v) is 2.24. The first-order valence-electron chi connectivity index (χ1n) is 8.06. The molecule has 0 aliphatic heterocycles. The molecule has 0 bridgehead atoms. The zero-order valence-electron chi connectivity index (χ0n) is 14.7. The highest BCUT2D eigenvalue weighted by atomic mass is 16.4. The molecule has 0 unspecified atom stereocenters. The maximum atomic E-state index is 12.1. The van der Waals surface area contributed by atoms with Crippen molar-refractivity contribution in [2.75, 3.05) is 13.1 Å². The van der Waals surface area contributed by atoms with Gasteiger partial charge in [-0.2, -0.15) is 4.57 Å². The van der Waals surface area contributed by atoms with Crippen LogP contribution in [0.3, 0.4) is 0 Å². The van der Waals surface area contributed by atoms with Gasteiger partial charge in [-0.05, 0) is 12.5 Å². The van der Waals surface area contributed by atoms with E-state index in [0.717, 1.165) is 0 Å². The summed E-state index contributed by atoms with van der Waals surface area (Å²) >= 11 is 0. The van der Waals surface area contributed by atoms with Crippen molar-refractivity contribution in [2.24, 2.45) is 19.3 Å². The molecule has 0 atom stereocenters. The molecule has 0 aliphatic rings. The number of carbonyl (C=O) groups excluding carboxylic acids is 2. The van der Waals surface area contributed by atoms with Gasteiger partial charge in [-0.3, -0.25) is 9.59 Å². The molecule has 9 heteroatoms. The molecule has 9 nitrogen and oxygen atoms in total. The van der Waals surface area contributed by atoms with Crippen LogP contribution >= 0.6 is 0 Å². The van der Waals surface area contributed by atoms with Crippen LogP contribution in [0.15, 0.2) is 42.1 Å². The molecule has 0 radical (unpaired) electrons. The summed E-state index contributed by atoms with van der Waals surface area (Å²) in [6.45, 7) is 0.859. The summed E-state index contributed by atoms with van der Waals surface area (Å²) in [6.07, 6.45) is 8.48. The van der Waals surface area contributed by atoms with E-state index in [1.165, 1.54) is 6.21 Å². The van der Waals surface area contributed by atoms with E-state index >= 15 is 0 Å². The van der Waals surface area contributed by atoms with E-state index in [-0.39, 0.29) is 11.8 Å². The summed E-state index contributed by atoms with van der Waals surface area (Å²) in [5.41, 5.74) is 1.50. The molecular formula is C17H22N6O3+2. The summed E-state index contributed by atoms with van der Waals surface area (Å²) in [4.78, 5) is 28.1. The molecule has 0 spiro atoms. The van der Waals surface area contributed by atoms with E-state index in [2.05, 4.69) is 20.8 Å². The second-order valence-corrected chi connectivity index (χ2v) is 5.67. The van der Waals surface area contributed by atoms with E-state index in [1.54, 1.807) is 53.1 Å². The molecule has 2 rings (SSSR count). The molecule has 0 aromatic carbocycles. The van der Waals surface area contributed by atoms with Crippen LogP contribution in [-0.4, -0.2) is 41.3 Å². The molecule has 3 N–H and O–H groups in total. The van der Waals surface area contributed by atoms with Gasteiger partial charge in [0.05, 0.1) is 6.20 Å². The van der Waals surface area contributed by atoms with Crippen molar-refractivity contribution in [1.29, 1.82) is 0 Å². The summed E-state index contributed by atoms with van der Waals surface area (Å²) in [7, 11) is 3.57. The Balaban J connectivity index is 1.75. The third-order valence-corrected chi connectivity index (χ3v) is 3.62. The molecule has 2 heterocycles. The molecule has 136 valence electrons. The van der Waals surface area contributed by atoms with Crippen molar-refractivity contribution in [1.82, 2.24) is 15.6 Å². The van der Waals surface area contributed by atoms with Gasteiger partial charge in [0.25, 0.3) is 11.8 Å². The van der Waals surface area contributed by atoms with Crippen molar-refractivity contribution >= 4 is 18.0 Å². The average molecular weight is 358 g/mol. The second-order valence-electron chi connectivity index (χ2n) is 5.67. The molecular weight excluding hydrogens is 336 g/mol. The maximum absolute atomic E-state index is 12.1. The Kier molecular flexibility index (Phi) is 6.72. The Hall–Kier alpha value is -3.36. The largest absolute Gasteiger partial charge is 0.411 e. The van der Waals surface area contributed by atoms with Crippen LogP contribution < -0.4 is 19.8 Å². The average Bonchev–Trinajstić information content (AvgIpc) is 2.63. The first-order valence-corrected chi connectivity index (χ1v) is 8.06. The van der Waals surface area contributed by atoms with Crippen LogP contribution in [0.4, 0.5) is 0 Å². The van der Waals surface area contributed by atoms with E-state index in [0.29, 0.717) is 36.5 Å². The number of nitrogens with zero attached hydrogens (tertiary/aromatic N) is 4. The number of aromatic nitrogens is 3. The second kappa shape index (κ2) is 9.21. The van der Waals surface area contributed by atoms with Crippen LogP contribution in [0.5, 0.6) is 0 Å². The van der Waals surface area contributed by atoms with Gasteiger partial charge in [0, 0.05) is 19.2 Å². The van der Waals surface area contributed by atoms with Gasteiger partial charge >= 0.3 is 0 Å². The minimum atomic E-state index is -0.249. The molecule has 0 saturated heterocycles. The Labute approximate surface area is 151 Å². The van der Waals surface area contributed by atoms with E-state index < -0.39 is 0 Å². The number of pyridine rings is 1. The molecule has 0 aliphatic carbocycles. The fraction of sp³-hybridized carbons (Fsp3) is 0.294. The normalized spacial score (nSPS) is 10.7. The molecule has 26 heavy (non-hydrogen) atoms. The van der Waals surface area contributed by atoms with Gasteiger partial charge in [-0.25, -0.2) is 9.55 Å². The van der Waals surface area contributed by atoms with Gasteiger partial charge in [-0.15, -0.1) is 0 Å². The van der Waals surface area contributed by atoms with Crippen molar-refractivity contribution in [3.8, 4) is 0 Å². The number of hydrogen-bond donors (Lipinski definition) is 3. The maximum Gasteiger partial charge on any atom is 0.276 e. The summed E-state index contributed by atoms with van der Waals surface area (Å²) in [5.74, 6) is -0.461. The number of oxime groups is 1. The topological polar surface area (TPSA) is 111 Å². The van der Waals surface area contributed by atoms with Crippen molar-refractivity contribution in [3.05, 3.63) is 53.9 Å². The van der Waals surface area contributed by atoms with E-state index in [1.807, 2.05) is 7.05 Å².